The fourth-order valence-electron chi connectivity index (χ4n) is 6.76. The van der Waals surface area contributed by atoms with Crippen LogP contribution in [0.25, 0.3) is 11.4 Å². The molecule has 0 unspecified atom stereocenters. The summed E-state index contributed by atoms with van der Waals surface area (Å²) in [5, 5.41) is 15.4. The van der Waals surface area contributed by atoms with Gasteiger partial charge in [0.15, 0.2) is 0 Å². The van der Waals surface area contributed by atoms with Crippen LogP contribution in [0.1, 0.15) is 75.9 Å². The standard InChI is InChI=1S/C24H33N5O3/c1-13-6-19(28-32-13)21-18(12-25-29(21)23(3,4)5)22(31)26-20-16-7-15-8-17(20)11-24(9-15,10-16)27-14(2)30/h6,12,15-17,20H,7-11H2,1-5H3,(H,26,31)(H,27,30)/t15?,16-,17-,20?,24?/m0/s1. The summed E-state index contributed by atoms with van der Waals surface area (Å²) in [7, 11) is 0. The lowest BCUT2D eigenvalue weighted by molar-refractivity contribution is -0.125. The molecule has 8 heteroatoms. The molecule has 6 rings (SSSR count). The van der Waals surface area contributed by atoms with E-state index in [1.54, 1.807) is 13.1 Å². The van der Waals surface area contributed by atoms with Gasteiger partial charge in [0.05, 0.1) is 17.3 Å². The SMILES string of the molecule is CC(=O)NC12CC3C[C@@H](C1)C(NC(=O)c1cnn(C(C)(C)C)c1-c1cc(C)on1)[C@@H](C3)C2. The molecule has 0 radical (unpaired) electrons. The lowest BCUT2D eigenvalue weighted by atomic mass is 9.51. The molecule has 2 atom stereocenters. The Hall–Kier alpha value is -2.64. The molecule has 0 spiro atoms. The van der Waals surface area contributed by atoms with Crippen molar-refractivity contribution in [3.63, 3.8) is 0 Å². The van der Waals surface area contributed by atoms with E-state index in [0.29, 0.717) is 40.5 Å². The van der Waals surface area contributed by atoms with Gasteiger partial charge in [-0.3, -0.25) is 14.3 Å². The summed E-state index contributed by atoms with van der Waals surface area (Å²) in [6.07, 6.45) is 6.87. The second-order valence-electron chi connectivity index (χ2n) is 11.2. The summed E-state index contributed by atoms with van der Waals surface area (Å²) >= 11 is 0. The van der Waals surface area contributed by atoms with Crippen molar-refractivity contribution in [2.24, 2.45) is 17.8 Å². The zero-order valence-corrected chi connectivity index (χ0v) is 19.6. The van der Waals surface area contributed by atoms with Crippen molar-refractivity contribution in [2.45, 2.75) is 83.8 Å². The van der Waals surface area contributed by atoms with Gasteiger partial charge in [-0.05, 0) is 77.6 Å². The number of carbonyl (C=O) groups is 2. The highest BCUT2D eigenvalue weighted by Gasteiger charge is 2.56. The van der Waals surface area contributed by atoms with E-state index in [0.717, 1.165) is 32.1 Å². The molecule has 2 aromatic heterocycles. The summed E-state index contributed by atoms with van der Waals surface area (Å²) in [6.45, 7) is 9.61. The Morgan fingerprint density at radius 2 is 1.88 bits per heavy atom. The van der Waals surface area contributed by atoms with Crippen molar-refractivity contribution >= 4 is 11.8 Å². The molecule has 0 aliphatic heterocycles. The maximum absolute atomic E-state index is 13.5. The maximum atomic E-state index is 13.5. The average Bonchev–Trinajstić information content (AvgIpc) is 3.28. The second kappa shape index (κ2) is 7.18. The molecule has 32 heavy (non-hydrogen) atoms. The van der Waals surface area contributed by atoms with Gasteiger partial charge in [0.2, 0.25) is 5.91 Å². The average molecular weight is 440 g/mol. The van der Waals surface area contributed by atoms with Gasteiger partial charge in [-0.15, -0.1) is 0 Å². The number of aryl methyl sites for hydroxylation is 1. The number of amides is 2. The lowest BCUT2D eigenvalue weighted by Crippen LogP contribution is -2.66. The highest BCUT2D eigenvalue weighted by Crippen LogP contribution is 2.55. The molecule has 0 aromatic carbocycles. The molecule has 172 valence electrons. The largest absolute Gasteiger partial charge is 0.361 e. The van der Waals surface area contributed by atoms with Gasteiger partial charge in [0.1, 0.15) is 17.1 Å². The Morgan fingerprint density at radius 3 is 2.44 bits per heavy atom. The van der Waals surface area contributed by atoms with E-state index in [1.807, 2.05) is 17.7 Å². The number of nitrogens with zero attached hydrogens (tertiary/aromatic N) is 3. The Kier molecular flexibility index (Phi) is 4.76. The molecular weight excluding hydrogens is 406 g/mol. The van der Waals surface area contributed by atoms with Crippen LogP contribution in [-0.4, -0.2) is 38.3 Å². The molecule has 4 aliphatic carbocycles. The van der Waals surface area contributed by atoms with Gasteiger partial charge in [-0.1, -0.05) is 5.16 Å². The first-order chi connectivity index (χ1) is 15.0. The minimum absolute atomic E-state index is 0.0506. The molecule has 2 heterocycles. The minimum Gasteiger partial charge on any atom is -0.361 e. The van der Waals surface area contributed by atoms with E-state index in [2.05, 4.69) is 41.7 Å². The van der Waals surface area contributed by atoms with Crippen LogP contribution in [0.3, 0.4) is 0 Å². The maximum Gasteiger partial charge on any atom is 0.255 e. The first kappa shape index (κ1) is 21.2. The highest BCUT2D eigenvalue weighted by atomic mass is 16.5. The molecule has 0 saturated heterocycles. The topological polar surface area (TPSA) is 102 Å². The first-order valence-corrected chi connectivity index (χ1v) is 11.7. The van der Waals surface area contributed by atoms with E-state index >= 15 is 0 Å². The number of rotatable bonds is 4. The lowest BCUT2D eigenvalue weighted by Gasteiger charge is -2.60. The fraction of sp³-hybridized carbons (Fsp3) is 0.667. The second-order valence-corrected chi connectivity index (χ2v) is 11.2. The van der Waals surface area contributed by atoms with E-state index < -0.39 is 0 Å². The molecule has 2 amide bonds. The molecule has 4 saturated carbocycles. The molecule has 4 fully saturated rings. The third-order valence-electron chi connectivity index (χ3n) is 7.53. The van der Waals surface area contributed by atoms with Gasteiger partial charge in [0.25, 0.3) is 5.91 Å². The summed E-state index contributed by atoms with van der Waals surface area (Å²) in [5.41, 5.74) is 1.44. The predicted molar refractivity (Wildman–Crippen MR) is 119 cm³/mol. The van der Waals surface area contributed by atoms with Crippen molar-refractivity contribution < 1.29 is 14.1 Å². The first-order valence-electron chi connectivity index (χ1n) is 11.7. The van der Waals surface area contributed by atoms with Gasteiger partial charge >= 0.3 is 0 Å². The smallest absolute Gasteiger partial charge is 0.255 e. The van der Waals surface area contributed by atoms with E-state index in [-0.39, 0.29) is 28.9 Å². The van der Waals surface area contributed by atoms with Crippen LogP contribution in [-0.2, 0) is 10.3 Å². The number of carbonyl (C=O) groups excluding carboxylic acids is 2. The fourth-order valence-corrected chi connectivity index (χ4v) is 6.76. The Labute approximate surface area is 188 Å². The molecule has 2 aromatic rings. The third-order valence-corrected chi connectivity index (χ3v) is 7.53. The molecule has 8 nitrogen and oxygen atoms in total. The van der Waals surface area contributed by atoms with E-state index in [4.69, 9.17) is 4.52 Å². The number of aromatic nitrogens is 3. The van der Waals surface area contributed by atoms with Gasteiger partial charge in [0, 0.05) is 24.6 Å². The van der Waals surface area contributed by atoms with Gasteiger partial charge in [-0.2, -0.15) is 5.10 Å². The Morgan fingerprint density at radius 1 is 1.19 bits per heavy atom. The zero-order valence-electron chi connectivity index (χ0n) is 19.6. The van der Waals surface area contributed by atoms with Crippen LogP contribution in [0, 0.1) is 24.7 Å². The van der Waals surface area contributed by atoms with Crippen LogP contribution in [0.4, 0.5) is 0 Å². The molecule has 4 aliphatic rings. The summed E-state index contributed by atoms with van der Waals surface area (Å²) in [6, 6.07) is 1.97. The van der Waals surface area contributed by atoms with Crippen molar-refractivity contribution in [1.29, 1.82) is 0 Å². The predicted octanol–water partition coefficient (Wildman–Crippen LogP) is 3.41. The molecule has 2 N–H and O–H groups in total. The minimum atomic E-state index is -0.311. The Balaban J connectivity index is 1.42. The van der Waals surface area contributed by atoms with Crippen LogP contribution >= 0.6 is 0 Å². The van der Waals surface area contributed by atoms with Crippen molar-refractivity contribution in [2.75, 3.05) is 0 Å². The third kappa shape index (κ3) is 3.53. The summed E-state index contributed by atoms with van der Waals surface area (Å²) in [4.78, 5) is 25.4. The highest BCUT2D eigenvalue weighted by molar-refractivity contribution is 5.99. The number of nitrogens with one attached hydrogen (secondary N) is 2. The van der Waals surface area contributed by atoms with Crippen molar-refractivity contribution in [3.05, 3.63) is 23.6 Å². The number of hydrogen-bond acceptors (Lipinski definition) is 5. The molecule has 4 bridgehead atoms. The van der Waals surface area contributed by atoms with Crippen molar-refractivity contribution in [1.82, 2.24) is 25.6 Å². The van der Waals surface area contributed by atoms with Crippen LogP contribution in [0.15, 0.2) is 16.8 Å². The van der Waals surface area contributed by atoms with Crippen LogP contribution in [0.5, 0.6) is 0 Å². The molecular formula is C24H33N5O3. The van der Waals surface area contributed by atoms with Gasteiger partial charge in [-0.25, -0.2) is 0 Å². The summed E-state index contributed by atoms with van der Waals surface area (Å²) < 4.78 is 7.15. The van der Waals surface area contributed by atoms with Crippen molar-refractivity contribution in [3.8, 4) is 11.4 Å². The van der Waals surface area contributed by atoms with E-state index in [1.165, 1.54) is 0 Å². The van der Waals surface area contributed by atoms with Crippen LogP contribution < -0.4 is 10.6 Å². The van der Waals surface area contributed by atoms with Crippen LogP contribution in [0.2, 0.25) is 0 Å². The monoisotopic (exact) mass is 439 g/mol. The van der Waals surface area contributed by atoms with E-state index in [9.17, 15) is 9.59 Å². The normalized spacial score (nSPS) is 31.0. The summed E-state index contributed by atoms with van der Waals surface area (Å²) in [5.74, 6) is 2.07. The zero-order chi connectivity index (χ0) is 22.8. The number of hydrogen-bond donors (Lipinski definition) is 2. The Bertz CT molecular complexity index is 1050. The van der Waals surface area contributed by atoms with Gasteiger partial charge < -0.3 is 15.2 Å². The quantitative estimate of drug-likeness (QED) is 0.760.